The first-order chi connectivity index (χ1) is 12.8. The highest BCUT2D eigenvalue weighted by Gasteiger charge is 2.41. The Hall–Kier alpha value is -1.92. The summed E-state index contributed by atoms with van der Waals surface area (Å²) in [5.74, 6) is 0. The van der Waals surface area contributed by atoms with Crippen molar-refractivity contribution in [2.24, 2.45) is 0 Å². The summed E-state index contributed by atoms with van der Waals surface area (Å²) in [7, 11) is 1.74. The van der Waals surface area contributed by atoms with Crippen molar-refractivity contribution in [3.05, 3.63) is 54.1 Å². The van der Waals surface area contributed by atoms with Gasteiger partial charge in [0.15, 0.2) is 5.11 Å². The number of pyridine rings is 1. The van der Waals surface area contributed by atoms with Crippen LogP contribution in [0.2, 0.25) is 0 Å². The molecular weight excluding hydrogens is 344 g/mol. The molecule has 0 aromatic carbocycles. The molecule has 0 bridgehead atoms. The van der Waals surface area contributed by atoms with Crippen molar-refractivity contribution in [2.75, 3.05) is 20.3 Å². The molecule has 0 spiro atoms. The monoisotopic (exact) mass is 370 g/mol. The van der Waals surface area contributed by atoms with Crippen molar-refractivity contribution in [1.82, 2.24) is 19.8 Å². The van der Waals surface area contributed by atoms with Gasteiger partial charge in [0.05, 0.1) is 24.4 Å². The number of thiocarbonyl (C=S) groups is 1. The quantitative estimate of drug-likeness (QED) is 0.787. The number of nitrogens with zero attached hydrogens (tertiary/aromatic N) is 3. The molecule has 4 rings (SSSR count). The fourth-order valence-electron chi connectivity index (χ4n) is 4.33. The lowest BCUT2D eigenvalue weighted by atomic mass is 10.0. The molecule has 26 heavy (non-hydrogen) atoms. The Kier molecular flexibility index (Phi) is 5.22. The summed E-state index contributed by atoms with van der Waals surface area (Å²) in [6, 6.07) is 11.3. The van der Waals surface area contributed by atoms with E-state index in [2.05, 4.69) is 44.2 Å². The molecule has 0 amide bonds. The van der Waals surface area contributed by atoms with Crippen LogP contribution in [0.25, 0.3) is 0 Å². The third-order valence-corrected chi connectivity index (χ3v) is 5.92. The lowest BCUT2D eigenvalue weighted by Gasteiger charge is -2.30. The van der Waals surface area contributed by atoms with E-state index in [0.717, 1.165) is 17.4 Å². The fourth-order valence-corrected chi connectivity index (χ4v) is 4.66. The van der Waals surface area contributed by atoms with E-state index in [0.29, 0.717) is 12.6 Å². The molecule has 1 saturated carbocycles. The lowest BCUT2D eigenvalue weighted by Crippen LogP contribution is -2.33. The Bertz CT molecular complexity index is 741. The molecule has 2 aromatic rings. The van der Waals surface area contributed by atoms with Gasteiger partial charge in [-0.05, 0) is 49.3 Å². The number of ether oxygens (including phenoxy) is 1. The highest BCUT2D eigenvalue weighted by atomic mass is 32.1. The molecule has 1 aliphatic heterocycles. The standard InChI is InChI=1S/C20H26N4OS/c1-25-14-13-24-19(17-10-6-12-23(17)15-7-2-3-8-15)18(22-20(24)26)16-9-4-5-11-21-16/h4-6,9-12,15,18-19H,2-3,7-8,13-14H2,1H3,(H,22,26)/t18-,19-/m0/s1. The van der Waals surface area contributed by atoms with Gasteiger partial charge in [0, 0.05) is 37.8 Å². The molecule has 2 atom stereocenters. The molecular formula is C20H26N4OS. The molecule has 0 radical (unpaired) electrons. The summed E-state index contributed by atoms with van der Waals surface area (Å²) in [4.78, 5) is 6.87. The molecule has 3 heterocycles. The van der Waals surface area contributed by atoms with Crippen LogP contribution >= 0.6 is 12.2 Å². The zero-order valence-corrected chi connectivity index (χ0v) is 16.0. The van der Waals surface area contributed by atoms with Gasteiger partial charge in [0.25, 0.3) is 0 Å². The minimum Gasteiger partial charge on any atom is -0.383 e. The van der Waals surface area contributed by atoms with Crippen LogP contribution in [0.3, 0.4) is 0 Å². The fraction of sp³-hybridized carbons (Fsp3) is 0.500. The first-order valence-electron chi connectivity index (χ1n) is 9.43. The van der Waals surface area contributed by atoms with E-state index in [-0.39, 0.29) is 12.1 Å². The summed E-state index contributed by atoms with van der Waals surface area (Å²) in [6.07, 6.45) is 9.25. The molecule has 2 aliphatic rings. The van der Waals surface area contributed by atoms with Crippen LogP contribution in [-0.4, -0.2) is 39.8 Å². The van der Waals surface area contributed by atoms with Gasteiger partial charge in [-0.2, -0.15) is 0 Å². The van der Waals surface area contributed by atoms with Crippen molar-refractivity contribution in [3.63, 3.8) is 0 Å². The van der Waals surface area contributed by atoms with Gasteiger partial charge >= 0.3 is 0 Å². The largest absolute Gasteiger partial charge is 0.383 e. The summed E-state index contributed by atoms with van der Waals surface area (Å²) in [5, 5.41) is 4.29. The number of hydrogen-bond acceptors (Lipinski definition) is 3. The Morgan fingerprint density at radius 1 is 1.23 bits per heavy atom. The van der Waals surface area contributed by atoms with Crippen molar-refractivity contribution in [3.8, 4) is 0 Å². The van der Waals surface area contributed by atoms with Crippen LogP contribution in [0, 0.1) is 0 Å². The third kappa shape index (κ3) is 3.23. The van der Waals surface area contributed by atoms with Gasteiger partial charge in [-0.3, -0.25) is 4.98 Å². The zero-order valence-electron chi connectivity index (χ0n) is 15.2. The SMILES string of the molecule is COCCN1C(=S)N[C@@H](c2ccccn2)[C@@H]1c1cccn1C1CCCC1. The van der Waals surface area contributed by atoms with E-state index in [1.54, 1.807) is 7.11 Å². The molecule has 1 aliphatic carbocycles. The van der Waals surface area contributed by atoms with Crippen molar-refractivity contribution in [2.45, 2.75) is 43.8 Å². The topological polar surface area (TPSA) is 42.3 Å². The summed E-state index contributed by atoms with van der Waals surface area (Å²) in [6.45, 7) is 1.42. The second-order valence-electron chi connectivity index (χ2n) is 7.09. The number of nitrogens with one attached hydrogen (secondary N) is 1. The minimum absolute atomic E-state index is 0.0515. The average Bonchev–Trinajstić information content (AvgIpc) is 3.40. The molecule has 5 nitrogen and oxygen atoms in total. The van der Waals surface area contributed by atoms with Gasteiger partial charge in [0.2, 0.25) is 0 Å². The van der Waals surface area contributed by atoms with E-state index in [4.69, 9.17) is 17.0 Å². The van der Waals surface area contributed by atoms with Crippen molar-refractivity contribution >= 4 is 17.3 Å². The number of rotatable bonds is 6. The lowest BCUT2D eigenvalue weighted by molar-refractivity contribution is 0.161. The van der Waals surface area contributed by atoms with E-state index < -0.39 is 0 Å². The number of hydrogen-bond donors (Lipinski definition) is 1. The Labute approximate surface area is 160 Å². The van der Waals surface area contributed by atoms with Gasteiger partial charge in [-0.25, -0.2) is 0 Å². The highest BCUT2D eigenvalue weighted by molar-refractivity contribution is 7.80. The normalized spacial score (nSPS) is 23.6. The van der Waals surface area contributed by atoms with Gasteiger partial charge in [0.1, 0.15) is 0 Å². The second-order valence-corrected chi connectivity index (χ2v) is 7.48. The Morgan fingerprint density at radius 3 is 2.81 bits per heavy atom. The van der Waals surface area contributed by atoms with E-state index >= 15 is 0 Å². The first kappa shape index (κ1) is 17.5. The average molecular weight is 371 g/mol. The molecule has 138 valence electrons. The molecule has 2 aromatic heterocycles. The van der Waals surface area contributed by atoms with Gasteiger partial charge in [-0.1, -0.05) is 18.9 Å². The van der Waals surface area contributed by atoms with Crippen LogP contribution in [0.1, 0.15) is 55.2 Å². The Balaban J connectivity index is 1.72. The molecule has 2 fully saturated rings. The summed E-state index contributed by atoms with van der Waals surface area (Å²) in [5.41, 5.74) is 2.34. The number of aromatic nitrogens is 2. The predicted molar refractivity (Wildman–Crippen MR) is 106 cm³/mol. The van der Waals surface area contributed by atoms with Crippen LogP contribution in [0.15, 0.2) is 42.7 Å². The zero-order chi connectivity index (χ0) is 17.9. The molecule has 0 unspecified atom stereocenters. The van der Waals surface area contributed by atoms with E-state index in [1.165, 1.54) is 31.4 Å². The first-order valence-corrected chi connectivity index (χ1v) is 9.84. The summed E-state index contributed by atoms with van der Waals surface area (Å²) >= 11 is 5.68. The maximum Gasteiger partial charge on any atom is 0.170 e. The highest BCUT2D eigenvalue weighted by Crippen LogP contribution is 2.41. The van der Waals surface area contributed by atoms with Crippen molar-refractivity contribution in [1.29, 1.82) is 0 Å². The molecule has 6 heteroatoms. The van der Waals surface area contributed by atoms with Gasteiger partial charge in [-0.15, -0.1) is 0 Å². The van der Waals surface area contributed by atoms with E-state index in [9.17, 15) is 0 Å². The smallest absolute Gasteiger partial charge is 0.170 e. The van der Waals surface area contributed by atoms with Crippen LogP contribution in [0.4, 0.5) is 0 Å². The second kappa shape index (κ2) is 7.76. The Morgan fingerprint density at radius 2 is 2.08 bits per heavy atom. The van der Waals surface area contributed by atoms with Crippen LogP contribution in [0.5, 0.6) is 0 Å². The number of methoxy groups -OCH3 is 1. The van der Waals surface area contributed by atoms with Crippen molar-refractivity contribution < 1.29 is 4.74 Å². The van der Waals surface area contributed by atoms with Gasteiger partial charge < -0.3 is 19.5 Å². The summed E-state index contributed by atoms with van der Waals surface area (Å²) < 4.78 is 7.81. The van der Waals surface area contributed by atoms with E-state index in [1.807, 2.05) is 18.3 Å². The molecule has 1 saturated heterocycles. The molecule has 1 N–H and O–H groups in total. The maximum atomic E-state index is 5.68. The third-order valence-electron chi connectivity index (χ3n) is 5.57. The maximum absolute atomic E-state index is 5.68. The van der Waals surface area contributed by atoms with Crippen LogP contribution < -0.4 is 5.32 Å². The predicted octanol–water partition coefficient (Wildman–Crippen LogP) is 3.62. The van der Waals surface area contributed by atoms with Crippen LogP contribution in [-0.2, 0) is 4.74 Å². The minimum atomic E-state index is 0.0515.